The normalized spacial score (nSPS) is 17.9. The molecule has 0 aliphatic carbocycles. The Morgan fingerprint density at radius 2 is 1.81 bits per heavy atom. The van der Waals surface area contributed by atoms with Crippen molar-refractivity contribution in [1.82, 2.24) is 4.90 Å². The first-order chi connectivity index (χ1) is 13.2. The molecule has 3 heteroatoms. The molecule has 0 aromatic heterocycles. The van der Waals surface area contributed by atoms with Crippen molar-refractivity contribution in [2.24, 2.45) is 5.92 Å². The van der Waals surface area contributed by atoms with Crippen molar-refractivity contribution in [1.29, 1.82) is 0 Å². The molecule has 27 heavy (non-hydrogen) atoms. The van der Waals surface area contributed by atoms with Crippen molar-refractivity contribution in [2.45, 2.75) is 38.6 Å². The zero-order valence-electron chi connectivity index (χ0n) is 16.4. The molecule has 0 spiro atoms. The number of hydrogen-bond donors (Lipinski definition) is 0. The minimum absolute atomic E-state index is 0.319. The molecular weight excluding hydrogens is 332 g/mol. The maximum atomic E-state index is 12.7. The number of ketones is 1. The number of anilines is 1. The molecule has 2 aromatic rings. The Bertz CT molecular complexity index is 778. The predicted octanol–water partition coefficient (Wildman–Crippen LogP) is 4.55. The largest absolute Gasteiger partial charge is 0.374 e. The van der Waals surface area contributed by atoms with Crippen LogP contribution in [-0.2, 0) is 13.0 Å². The Morgan fingerprint density at radius 3 is 2.59 bits per heavy atom. The van der Waals surface area contributed by atoms with E-state index in [1.807, 2.05) is 6.07 Å². The van der Waals surface area contributed by atoms with Gasteiger partial charge in [-0.15, -0.1) is 0 Å². The Balaban J connectivity index is 1.24. The van der Waals surface area contributed by atoms with E-state index in [2.05, 4.69) is 59.3 Å². The van der Waals surface area contributed by atoms with E-state index in [1.54, 1.807) is 0 Å². The summed E-state index contributed by atoms with van der Waals surface area (Å²) in [6.07, 6.45) is 5.23. The minimum atomic E-state index is 0.319. The van der Waals surface area contributed by atoms with E-state index in [1.165, 1.54) is 29.7 Å². The number of piperidine rings is 1. The monoisotopic (exact) mass is 362 g/mol. The summed E-state index contributed by atoms with van der Waals surface area (Å²) < 4.78 is 0. The molecule has 0 amide bonds. The average molecular weight is 363 g/mol. The van der Waals surface area contributed by atoms with E-state index < -0.39 is 0 Å². The summed E-state index contributed by atoms with van der Waals surface area (Å²) in [5, 5.41) is 0. The van der Waals surface area contributed by atoms with Crippen LogP contribution in [0.1, 0.15) is 47.2 Å². The van der Waals surface area contributed by atoms with Crippen LogP contribution in [0.15, 0.2) is 48.5 Å². The van der Waals surface area contributed by atoms with Crippen molar-refractivity contribution in [3.63, 3.8) is 0 Å². The predicted molar refractivity (Wildman–Crippen MR) is 111 cm³/mol. The van der Waals surface area contributed by atoms with Crippen LogP contribution in [0.3, 0.4) is 0 Å². The summed E-state index contributed by atoms with van der Waals surface area (Å²) in [7, 11) is 2.12. The third-order valence-electron chi connectivity index (χ3n) is 6.27. The van der Waals surface area contributed by atoms with Crippen LogP contribution in [0.2, 0.25) is 0 Å². The Labute approximate surface area is 163 Å². The van der Waals surface area contributed by atoms with Gasteiger partial charge in [0.05, 0.1) is 0 Å². The van der Waals surface area contributed by atoms with Crippen LogP contribution in [0.4, 0.5) is 5.69 Å². The molecule has 1 fully saturated rings. The number of fused-ring (bicyclic) bond motifs is 1. The standard InChI is InChI=1S/C24H30N2O/c1-25-14-13-21-17-22(8-9-23(21)25)24(27)10-7-19-11-15-26(16-12-19)18-20-5-3-2-4-6-20/h2-6,8-9,17,19H,7,10-16,18H2,1H3. The fraction of sp³-hybridized carbons (Fsp3) is 0.458. The van der Waals surface area contributed by atoms with Gasteiger partial charge in [-0.05, 0) is 74.0 Å². The highest BCUT2D eigenvalue weighted by Crippen LogP contribution is 2.29. The van der Waals surface area contributed by atoms with Crippen LogP contribution < -0.4 is 4.90 Å². The van der Waals surface area contributed by atoms with Crippen molar-refractivity contribution >= 4 is 11.5 Å². The fourth-order valence-electron chi connectivity index (χ4n) is 4.49. The number of likely N-dealkylation sites (tertiary alicyclic amines) is 1. The summed E-state index contributed by atoms with van der Waals surface area (Å²) in [5.41, 5.74) is 4.92. The Kier molecular flexibility index (Phi) is 5.58. The van der Waals surface area contributed by atoms with Gasteiger partial charge in [-0.25, -0.2) is 0 Å². The molecule has 0 radical (unpaired) electrons. The van der Waals surface area contributed by atoms with Crippen molar-refractivity contribution < 1.29 is 4.79 Å². The summed E-state index contributed by atoms with van der Waals surface area (Å²) in [5.74, 6) is 1.01. The molecule has 1 saturated heterocycles. The molecule has 4 rings (SSSR count). The lowest BCUT2D eigenvalue weighted by atomic mass is 9.90. The first-order valence-corrected chi connectivity index (χ1v) is 10.3. The third-order valence-corrected chi connectivity index (χ3v) is 6.27. The van der Waals surface area contributed by atoms with Crippen LogP contribution >= 0.6 is 0 Å². The molecule has 0 bridgehead atoms. The van der Waals surface area contributed by atoms with E-state index in [9.17, 15) is 4.79 Å². The van der Waals surface area contributed by atoms with Crippen molar-refractivity contribution in [2.75, 3.05) is 31.6 Å². The molecule has 0 atom stereocenters. The molecule has 2 aromatic carbocycles. The molecule has 2 aliphatic heterocycles. The molecule has 0 saturated carbocycles. The summed E-state index contributed by atoms with van der Waals surface area (Å²) in [4.78, 5) is 17.5. The Hall–Kier alpha value is -2.13. The second-order valence-corrected chi connectivity index (χ2v) is 8.18. The van der Waals surface area contributed by atoms with Gasteiger partial charge in [0, 0.05) is 37.8 Å². The van der Waals surface area contributed by atoms with Gasteiger partial charge >= 0.3 is 0 Å². The van der Waals surface area contributed by atoms with Crippen LogP contribution in [0.25, 0.3) is 0 Å². The quantitative estimate of drug-likeness (QED) is 0.704. The number of likely N-dealkylation sites (N-methyl/N-ethyl adjacent to an activating group) is 1. The van der Waals surface area contributed by atoms with Crippen molar-refractivity contribution in [3.8, 4) is 0 Å². The maximum absolute atomic E-state index is 12.7. The van der Waals surface area contributed by atoms with Gasteiger partial charge in [-0.1, -0.05) is 30.3 Å². The summed E-state index contributed by atoms with van der Waals surface area (Å²) in [6.45, 7) is 4.42. The van der Waals surface area contributed by atoms with Gasteiger partial charge in [0.25, 0.3) is 0 Å². The summed E-state index contributed by atoms with van der Waals surface area (Å²) in [6, 6.07) is 17.0. The lowest BCUT2D eigenvalue weighted by Gasteiger charge is -2.32. The van der Waals surface area contributed by atoms with Gasteiger partial charge in [0.1, 0.15) is 0 Å². The van der Waals surface area contributed by atoms with Gasteiger partial charge < -0.3 is 4.90 Å². The molecule has 0 N–H and O–H groups in total. The summed E-state index contributed by atoms with van der Waals surface area (Å²) >= 11 is 0. The highest BCUT2D eigenvalue weighted by molar-refractivity contribution is 5.96. The van der Waals surface area contributed by atoms with E-state index in [0.29, 0.717) is 18.1 Å². The third kappa shape index (κ3) is 4.41. The number of hydrogen-bond acceptors (Lipinski definition) is 3. The number of carbonyl (C=O) groups excluding carboxylic acids is 1. The highest BCUT2D eigenvalue weighted by atomic mass is 16.1. The smallest absolute Gasteiger partial charge is 0.162 e. The van der Waals surface area contributed by atoms with Crippen LogP contribution in [0.5, 0.6) is 0 Å². The molecular formula is C24H30N2O. The van der Waals surface area contributed by atoms with E-state index in [0.717, 1.165) is 44.6 Å². The number of rotatable bonds is 6. The topological polar surface area (TPSA) is 23.6 Å². The molecule has 0 unspecified atom stereocenters. The molecule has 2 aliphatic rings. The molecule has 142 valence electrons. The molecule has 3 nitrogen and oxygen atoms in total. The van der Waals surface area contributed by atoms with E-state index in [4.69, 9.17) is 0 Å². The maximum Gasteiger partial charge on any atom is 0.162 e. The van der Waals surface area contributed by atoms with E-state index in [-0.39, 0.29) is 0 Å². The Morgan fingerprint density at radius 1 is 1.04 bits per heavy atom. The zero-order chi connectivity index (χ0) is 18.6. The number of Topliss-reactive ketones (excluding diaryl/α,β-unsaturated/α-hetero) is 1. The van der Waals surface area contributed by atoms with Gasteiger partial charge in [-0.3, -0.25) is 9.69 Å². The first kappa shape index (κ1) is 18.2. The number of carbonyl (C=O) groups is 1. The van der Waals surface area contributed by atoms with Crippen molar-refractivity contribution in [3.05, 3.63) is 65.2 Å². The average Bonchev–Trinajstić information content (AvgIpc) is 3.08. The molecule has 2 heterocycles. The minimum Gasteiger partial charge on any atom is -0.374 e. The first-order valence-electron chi connectivity index (χ1n) is 10.3. The van der Waals surface area contributed by atoms with Gasteiger partial charge in [0.15, 0.2) is 5.78 Å². The van der Waals surface area contributed by atoms with E-state index >= 15 is 0 Å². The van der Waals surface area contributed by atoms with Crippen LogP contribution in [-0.4, -0.2) is 37.4 Å². The van der Waals surface area contributed by atoms with Gasteiger partial charge in [0.2, 0.25) is 0 Å². The number of nitrogens with zero attached hydrogens (tertiary/aromatic N) is 2. The number of benzene rings is 2. The second kappa shape index (κ2) is 8.26. The highest BCUT2D eigenvalue weighted by Gasteiger charge is 2.21. The van der Waals surface area contributed by atoms with Crippen LogP contribution in [0, 0.1) is 5.92 Å². The lowest BCUT2D eigenvalue weighted by molar-refractivity contribution is 0.0961. The van der Waals surface area contributed by atoms with Gasteiger partial charge in [-0.2, -0.15) is 0 Å². The SMILES string of the molecule is CN1CCc2cc(C(=O)CCC3CCN(Cc4ccccc4)CC3)ccc21. The second-order valence-electron chi connectivity index (χ2n) is 8.18. The fourth-order valence-corrected chi connectivity index (χ4v) is 4.49. The lowest BCUT2D eigenvalue weighted by Crippen LogP contribution is -2.33. The zero-order valence-corrected chi connectivity index (χ0v) is 16.4.